The van der Waals surface area contributed by atoms with Gasteiger partial charge in [0.1, 0.15) is 10.8 Å². The van der Waals surface area contributed by atoms with Crippen molar-refractivity contribution in [3.05, 3.63) is 30.2 Å². The van der Waals surface area contributed by atoms with Gasteiger partial charge in [-0.15, -0.1) is 0 Å². The summed E-state index contributed by atoms with van der Waals surface area (Å²) in [7, 11) is 0. The van der Waals surface area contributed by atoms with Crippen molar-refractivity contribution >= 4 is 23.4 Å². The molecule has 0 aromatic carbocycles. The van der Waals surface area contributed by atoms with E-state index >= 15 is 0 Å². The Morgan fingerprint density at radius 1 is 1.10 bits per heavy atom. The second kappa shape index (κ2) is 7.73. The average Bonchev–Trinajstić information content (AvgIpc) is 2.94. The zero-order chi connectivity index (χ0) is 22.4. The van der Waals surface area contributed by atoms with Crippen molar-refractivity contribution in [2.24, 2.45) is 11.1 Å². The Labute approximate surface area is 179 Å². The van der Waals surface area contributed by atoms with E-state index < -0.39 is 29.2 Å². The van der Waals surface area contributed by atoms with Crippen LogP contribution in [0.3, 0.4) is 0 Å². The lowest BCUT2D eigenvalue weighted by Crippen LogP contribution is -2.52. The maximum atomic E-state index is 13.9. The summed E-state index contributed by atoms with van der Waals surface area (Å²) >= 11 is 0.739. The molecule has 1 saturated heterocycles. The largest absolute Gasteiger partial charge is 0.434 e. The third kappa shape index (κ3) is 4.14. The van der Waals surface area contributed by atoms with Crippen molar-refractivity contribution < 1.29 is 22.0 Å². The van der Waals surface area contributed by atoms with Crippen LogP contribution in [0.1, 0.15) is 31.4 Å². The van der Waals surface area contributed by atoms with Gasteiger partial charge < -0.3 is 16.4 Å². The fraction of sp³-hybridized carbons (Fsp3) is 0.526. The molecule has 2 aromatic heterocycles. The van der Waals surface area contributed by atoms with E-state index in [1.54, 1.807) is 0 Å². The number of anilines is 2. The molecule has 31 heavy (non-hydrogen) atoms. The minimum Gasteiger partial charge on any atom is -0.381 e. The van der Waals surface area contributed by atoms with E-state index in [0.29, 0.717) is 38.2 Å². The Hall–Kier alpha value is -2.21. The first-order valence-corrected chi connectivity index (χ1v) is 10.5. The molecule has 4 N–H and O–H groups in total. The van der Waals surface area contributed by atoms with E-state index in [9.17, 15) is 22.0 Å². The van der Waals surface area contributed by atoms with Gasteiger partial charge in [0.15, 0.2) is 11.5 Å². The Kier molecular flexibility index (Phi) is 5.49. The van der Waals surface area contributed by atoms with Gasteiger partial charge >= 0.3 is 6.18 Å². The van der Waals surface area contributed by atoms with E-state index in [1.807, 2.05) is 4.90 Å². The smallest absolute Gasteiger partial charge is 0.381 e. The van der Waals surface area contributed by atoms with Crippen molar-refractivity contribution in [3.8, 4) is 0 Å². The highest BCUT2D eigenvalue weighted by Crippen LogP contribution is 2.52. The first-order chi connectivity index (χ1) is 14.5. The van der Waals surface area contributed by atoms with E-state index in [2.05, 4.69) is 15.0 Å². The number of pyridine rings is 1. The first-order valence-electron chi connectivity index (χ1n) is 9.73. The van der Waals surface area contributed by atoms with Crippen LogP contribution in [0.15, 0.2) is 34.4 Å². The molecule has 1 saturated carbocycles. The molecule has 1 aliphatic heterocycles. The molecule has 2 aromatic rings. The highest BCUT2D eigenvalue weighted by atomic mass is 32.2. The number of halogens is 5. The Bertz CT molecular complexity index is 961. The van der Waals surface area contributed by atoms with Crippen molar-refractivity contribution in [2.75, 3.05) is 23.7 Å². The highest BCUT2D eigenvalue weighted by Gasteiger charge is 2.57. The van der Waals surface area contributed by atoms with Crippen LogP contribution in [-0.4, -0.2) is 40.0 Å². The molecule has 6 nitrogen and oxygen atoms in total. The average molecular weight is 460 g/mol. The molecule has 168 valence electrons. The minimum absolute atomic E-state index is 0.0103. The molecule has 12 heteroatoms. The lowest BCUT2D eigenvalue weighted by Gasteiger charge is -2.42. The third-order valence-electron chi connectivity index (χ3n) is 6.15. The first kappa shape index (κ1) is 22.0. The summed E-state index contributed by atoms with van der Waals surface area (Å²) in [6, 6.07) is 1.54. The maximum Gasteiger partial charge on any atom is 0.434 e. The number of hydrogen-bond acceptors (Lipinski definition) is 7. The highest BCUT2D eigenvalue weighted by molar-refractivity contribution is 7.99. The van der Waals surface area contributed by atoms with E-state index in [0.717, 1.165) is 18.0 Å². The van der Waals surface area contributed by atoms with Crippen LogP contribution >= 0.6 is 11.8 Å². The van der Waals surface area contributed by atoms with Gasteiger partial charge in [-0.25, -0.2) is 18.7 Å². The normalized spacial score (nSPS) is 22.8. The van der Waals surface area contributed by atoms with Crippen LogP contribution < -0.4 is 16.4 Å². The molecule has 1 spiro atoms. The van der Waals surface area contributed by atoms with Gasteiger partial charge in [0.05, 0.1) is 12.2 Å². The lowest BCUT2D eigenvalue weighted by atomic mass is 9.74. The number of nitrogens with zero attached hydrogens (tertiary/aromatic N) is 4. The van der Waals surface area contributed by atoms with Crippen LogP contribution in [0, 0.1) is 5.41 Å². The molecule has 0 radical (unpaired) electrons. The molecular weight excluding hydrogens is 439 g/mol. The molecule has 3 heterocycles. The molecule has 1 aliphatic carbocycles. The van der Waals surface area contributed by atoms with Crippen molar-refractivity contribution in [2.45, 2.75) is 53.7 Å². The Morgan fingerprint density at radius 3 is 2.39 bits per heavy atom. The predicted octanol–water partition coefficient (Wildman–Crippen LogP) is 3.97. The topological polar surface area (TPSA) is 94.0 Å². The van der Waals surface area contributed by atoms with Crippen molar-refractivity contribution in [1.29, 1.82) is 0 Å². The molecule has 2 aliphatic rings. The van der Waals surface area contributed by atoms with Gasteiger partial charge in [-0.05, 0) is 36.8 Å². The maximum absolute atomic E-state index is 13.9. The summed E-state index contributed by atoms with van der Waals surface area (Å²) in [4.78, 5) is 13.7. The van der Waals surface area contributed by atoms with Crippen molar-refractivity contribution in [1.82, 2.24) is 15.0 Å². The number of nitrogen functional groups attached to an aromatic ring is 1. The monoisotopic (exact) mass is 460 g/mol. The van der Waals surface area contributed by atoms with E-state index in [-0.39, 0.29) is 22.2 Å². The molecule has 1 unspecified atom stereocenters. The second-order valence-corrected chi connectivity index (χ2v) is 8.99. The number of hydrogen-bond donors (Lipinski definition) is 2. The zero-order valence-electron chi connectivity index (χ0n) is 16.4. The zero-order valence-corrected chi connectivity index (χ0v) is 17.2. The number of rotatable bonds is 3. The number of nitrogens with two attached hydrogens (primary N) is 2. The summed E-state index contributed by atoms with van der Waals surface area (Å²) in [6.45, 7) is 0.955. The SMILES string of the molecule is Nc1nc(N2CCC3(CC2)CCC(F)(F)C3N)cnc1Sc1cccnc1C(F)(F)F. The predicted molar refractivity (Wildman–Crippen MR) is 106 cm³/mol. The minimum atomic E-state index is -4.60. The molecular formula is C19H21F5N6S. The number of piperidine rings is 1. The van der Waals surface area contributed by atoms with Crippen LogP contribution in [0.2, 0.25) is 0 Å². The van der Waals surface area contributed by atoms with Gasteiger partial charge in [0.25, 0.3) is 5.92 Å². The molecule has 0 bridgehead atoms. The van der Waals surface area contributed by atoms with E-state index in [4.69, 9.17) is 11.5 Å². The summed E-state index contributed by atoms with van der Waals surface area (Å²) < 4.78 is 67.3. The van der Waals surface area contributed by atoms with E-state index in [1.165, 1.54) is 18.3 Å². The number of aromatic nitrogens is 3. The third-order valence-corrected chi connectivity index (χ3v) is 7.21. The van der Waals surface area contributed by atoms with Crippen LogP contribution in [-0.2, 0) is 6.18 Å². The van der Waals surface area contributed by atoms with Gasteiger partial charge in [-0.2, -0.15) is 13.2 Å². The van der Waals surface area contributed by atoms with Gasteiger partial charge in [-0.3, -0.25) is 4.98 Å². The van der Waals surface area contributed by atoms with Gasteiger partial charge in [0, 0.05) is 30.6 Å². The van der Waals surface area contributed by atoms with Gasteiger partial charge in [-0.1, -0.05) is 11.8 Å². The summed E-state index contributed by atoms with van der Waals surface area (Å²) in [5, 5.41) is 0.133. The molecule has 0 amide bonds. The second-order valence-electron chi connectivity index (χ2n) is 7.96. The fourth-order valence-corrected chi connectivity index (χ4v) is 5.20. The number of alkyl halides is 5. The van der Waals surface area contributed by atoms with Crippen LogP contribution in [0.5, 0.6) is 0 Å². The fourth-order valence-electron chi connectivity index (χ4n) is 4.32. The van der Waals surface area contributed by atoms with Gasteiger partial charge in [0.2, 0.25) is 0 Å². The lowest BCUT2D eigenvalue weighted by molar-refractivity contribution is -0.143. The molecule has 4 rings (SSSR count). The van der Waals surface area contributed by atoms with Crippen LogP contribution in [0.25, 0.3) is 0 Å². The molecule has 1 atom stereocenters. The van der Waals surface area contributed by atoms with Crippen molar-refractivity contribution in [3.63, 3.8) is 0 Å². The Morgan fingerprint density at radius 2 is 1.81 bits per heavy atom. The summed E-state index contributed by atoms with van der Waals surface area (Å²) in [6.07, 6.45) is -0.887. The quantitative estimate of drug-likeness (QED) is 0.670. The summed E-state index contributed by atoms with van der Waals surface area (Å²) in [5.74, 6) is -2.39. The van der Waals surface area contributed by atoms with Crippen LogP contribution in [0.4, 0.5) is 33.6 Å². The standard InChI is InChI=1S/C19H21F5N6S/c20-18(21)4-3-17(16(18)26)5-8-30(9-6-17)12-10-28-15(14(25)29-12)31-11-2-1-7-27-13(11)19(22,23)24/h1-2,7,10,16H,3-6,8-9,26H2,(H2,25,29). The summed E-state index contributed by atoms with van der Waals surface area (Å²) in [5.41, 5.74) is 10.2. The molecule has 2 fully saturated rings. The Balaban J connectivity index is 1.47.